The van der Waals surface area contributed by atoms with Crippen LogP contribution in [0.3, 0.4) is 0 Å². The molecule has 1 atom stereocenters. The molecule has 1 aromatic carbocycles. The highest BCUT2D eigenvalue weighted by Gasteiger charge is 2.32. The number of nitrogens with two attached hydrogens (primary N) is 1. The van der Waals surface area contributed by atoms with E-state index in [1.165, 1.54) is 32.3 Å². The Balaban J connectivity index is 0.000000480. The fraction of sp³-hybridized carbons (Fsp3) is 0.588. The minimum atomic E-state index is -0.514. The van der Waals surface area contributed by atoms with Gasteiger partial charge >= 0.3 is 6.09 Å². The lowest BCUT2D eigenvalue weighted by Crippen LogP contribution is -2.29. The Morgan fingerprint density at radius 3 is 2.46 bits per heavy atom. The molecular formula is C17H30FN5O5. The zero-order valence-corrected chi connectivity index (χ0v) is 16.7. The predicted octanol–water partition coefficient (Wildman–Crippen LogP) is 0.455. The van der Waals surface area contributed by atoms with Gasteiger partial charge in [0.05, 0.1) is 17.9 Å². The summed E-state index contributed by atoms with van der Waals surface area (Å²) in [5.41, 5.74) is 3.33. The van der Waals surface area contributed by atoms with E-state index in [9.17, 15) is 9.18 Å². The van der Waals surface area contributed by atoms with Gasteiger partial charge in [-0.2, -0.15) is 0 Å². The Kier molecular flexibility index (Phi) is 11.3. The van der Waals surface area contributed by atoms with Gasteiger partial charge in [0.25, 0.3) is 6.48 Å². The number of benzene rings is 1. The third-order valence-electron chi connectivity index (χ3n) is 3.73. The molecule has 1 aliphatic rings. The van der Waals surface area contributed by atoms with E-state index < -0.39 is 18.4 Å². The SMILES string of the molecule is CNC[C@H]1CN(c2ccc(NCCNN)c(F)c2)C(=O)O1.COC(OC)OC. The van der Waals surface area contributed by atoms with E-state index in [2.05, 4.69) is 30.3 Å². The molecule has 0 radical (unpaired) electrons. The first-order chi connectivity index (χ1) is 13.5. The number of methoxy groups -OCH3 is 3. The number of carbonyl (C=O) groups is 1. The van der Waals surface area contributed by atoms with E-state index in [1.54, 1.807) is 19.2 Å². The highest BCUT2D eigenvalue weighted by molar-refractivity contribution is 5.90. The second-order valence-electron chi connectivity index (χ2n) is 5.71. The summed E-state index contributed by atoms with van der Waals surface area (Å²) in [5.74, 6) is 4.72. The number of anilines is 2. The molecule has 1 saturated heterocycles. The molecule has 5 N–H and O–H groups in total. The molecule has 2 rings (SSSR count). The number of hydrogen-bond acceptors (Lipinski definition) is 9. The van der Waals surface area contributed by atoms with Crippen molar-refractivity contribution >= 4 is 17.5 Å². The number of rotatable bonds is 10. The lowest BCUT2D eigenvalue weighted by molar-refractivity contribution is -0.252. The van der Waals surface area contributed by atoms with Gasteiger partial charge in [0.2, 0.25) is 0 Å². The van der Waals surface area contributed by atoms with Gasteiger partial charge in [0, 0.05) is 41.0 Å². The van der Waals surface area contributed by atoms with Gasteiger partial charge in [0.1, 0.15) is 11.9 Å². The van der Waals surface area contributed by atoms with Gasteiger partial charge in [0.15, 0.2) is 0 Å². The second kappa shape index (κ2) is 13.2. The number of hydrogen-bond donors (Lipinski definition) is 4. The van der Waals surface area contributed by atoms with Crippen LogP contribution in [0.15, 0.2) is 18.2 Å². The van der Waals surface area contributed by atoms with Crippen molar-refractivity contribution in [2.45, 2.75) is 12.6 Å². The molecule has 0 aliphatic carbocycles. The molecule has 1 amide bonds. The second-order valence-corrected chi connectivity index (χ2v) is 5.71. The molecule has 0 aromatic heterocycles. The van der Waals surface area contributed by atoms with Crippen molar-refractivity contribution < 1.29 is 28.1 Å². The first-order valence-corrected chi connectivity index (χ1v) is 8.68. The Bertz CT molecular complexity index is 586. The molecule has 0 spiro atoms. The van der Waals surface area contributed by atoms with Gasteiger partial charge < -0.3 is 29.6 Å². The number of halogens is 1. The number of hydrazine groups is 1. The average Bonchev–Trinajstić information content (AvgIpc) is 3.06. The minimum Gasteiger partial charge on any atom is -0.443 e. The van der Waals surface area contributed by atoms with Crippen LogP contribution in [0, 0.1) is 5.82 Å². The van der Waals surface area contributed by atoms with Crippen molar-refractivity contribution in [1.29, 1.82) is 0 Å². The predicted molar refractivity (Wildman–Crippen MR) is 103 cm³/mol. The standard InChI is InChI=1S/C13H20FN5O2.C4H10O3/c1-16-7-10-8-19(13(20)21-10)9-2-3-12(11(14)6-9)17-4-5-18-15;1-5-4(6-2)7-3/h2-3,6,10,16-18H,4-5,7-8,15H2,1H3;4H,1-3H3/t10-;/m0./s1. The van der Waals surface area contributed by atoms with Crippen LogP contribution >= 0.6 is 0 Å². The van der Waals surface area contributed by atoms with E-state index in [0.717, 1.165) is 0 Å². The van der Waals surface area contributed by atoms with Crippen molar-refractivity contribution in [2.24, 2.45) is 5.84 Å². The van der Waals surface area contributed by atoms with Crippen LogP contribution in [0.4, 0.5) is 20.6 Å². The summed E-state index contributed by atoms with van der Waals surface area (Å²) in [6.07, 6.45) is -0.679. The number of nitrogens with one attached hydrogen (secondary N) is 3. The van der Waals surface area contributed by atoms with Gasteiger partial charge in [-0.1, -0.05) is 0 Å². The van der Waals surface area contributed by atoms with Crippen LogP contribution in [-0.4, -0.2) is 73.2 Å². The van der Waals surface area contributed by atoms with Crippen molar-refractivity contribution in [3.63, 3.8) is 0 Å². The van der Waals surface area contributed by atoms with Crippen molar-refractivity contribution in [3.05, 3.63) is 24.0 Å². The molecule has 28 heavy (non-hydrogen) atoms. The van der Waals surface area contributed by atoms with Crippen LogP contribution < -0.4 is 26.8 Å². The first-order valence-electron chi connectivity index (χ1n) is 8.68. The average molecular weight is 403 g/mol. The summed E-state index contributed by atoms with van der Waals surface area (Å²) in [5, 5.41) is 5.86. The maximum atomic E-state index is 14.0. The zero-order chi connectivity index (χ0) is 20.9. The highest BCUT2D eigenvalue weighted by Crippen LogP contribution is 2.25. The Hall–Kier alpha value is -2.02. The molecule has 0 bridgehead atoms. The van der Waals surface area contributed by atoms with Gasteiger partial charge in [-0.25, -0.2) is 9.18 Å². The monoisotopic (exact) mass is 403 g/mol. The summed E-state index contributed by atoms with van der Waals surface area (Å²) in [6.45, 7) is 1.48. The van der Waals surface area contributed by atoms with Crippen LogP contribution in [0.1, 0.15) is 0 Å². The molecule has 10 nitrogen and oxygen atoms in total. The molecule has 0 saturated carbocycles. The molecule has 11 heteroatoms. The molecule has 160 valence electrons. The van der Waals surface area contributed by atoms with E-state index in [-0.39, 0.29) is 6.10 Å². The third kappa shape index (κ3) is 7.54. The smallest absolute Gasteiger partial charge is 0.414 e. The minimum absolute atomic E-state index is 0.223. The third-order valence-corrected chi connectivity index (χ3v) is 3.73. The number of likely N-dealkylation sites (N-methyl/N-ethyl adjacent to an activating group) is 1. The van der Waals surface area contributed by atoms with Gasteiger partial charge in [-0.3, -0.25) is 16.2 Å². The van der Waals surface area contributed by atoms with Crippen LogP contribution in [0.25, 0.3) is 0 Å². The molecule has 1 aromatic rings. The summed E-state index contributed by atoms with van der Waals surface area (Å²) in [6, 6.07) is 4.60. The van der Waals surface area contributed by atoms with E-state index in [0.29, 0.717) is 37.6 Å². The molecule has 1 heterocycles. The summed E-state index contributed by atoms with van der Waals surface area (Å²) < 4.78 is 33.0. The summed E-state index contributed by atoms with van der Waals surface area (Å²) in [4.78, 5) is 13.2. The quantitative estimate of drug-likeness (QED) is 0.191. The van der Waals surface area contributed by atoms with Crippen LogP contribution in [0.2, 0.25) is 0 Å². The van der Waals surface area contributed by atoms with E-state index >= 15 is 0 Å². The van der Waals surface area contributed by atoms with Crippen molar-refractivity contribution in [2.75, 3.05) is 64.8 Å². The molecule has 1 fully saturated rings. The molecule has 1 aliphatic heterocycles. The Labute approximate surface area is 164 Å². The fourth-order valence-corrected chi connectivity index (χ4v) is 2.44. The Morgan fingerprint density at radius 1 is 1.29 bits per heavy atom. The topological polar surface area (TPSA) is 119 Å². The van der Waals surface area contributed by atoms with Crippen LogP contribution in [0.5, 0.6) is 0 Å². The molecule has 0 unspecified atom stereocenters. The maximum absolute atomic E-state index is 14.0. The zero-order valence-electron chi connectivity index (χ0n) is 16.7. The number of amides is 1. The summed E-state index contributed by atoms with van der Waals surface area (Å²) in [7, 11) is 6.32. The van der Waals surface area contributed by atoms with E-state index in [1.807, 2.05) is 0 Å². The van der Waals surface area contributed by atoms with Crippen molar-refractivity contribution in [3.8, 4) is 0 Å². The molecular weight excluding hydrogens is 373 g/mol. The fourth-order valence-electron chi connectivity index (χ4n) is 2.44. The van der Waals surface area contributed by atoms with Gasteiger partial charge in [-0.05, 0) is 25.2 Å². The maximum Gasteiger partial charge on any atom is 0.414 e. The first kappa shape index (κ1) is 24.0. The van der Waals surface area contributed by atoms with Crippen molar-refractivity contribution in [1.82, 2.24) is 10.7 Å². The van der Waals surface area contributed by atoms with Crippen LogP contribution in [-0.2, 0) is 18.9 Å². The Morgan fingerprint density at radius 2 is 1.96 bits per heavy atom. The number of ether oxygens (including phenoxy) is 4. The largest absolute Gasteiger partial charge is 0.443 e. The number of cyclic esters (lactones) is 1. The highest BCUT2D eigenvalue weighted by atomic mass is 19.1. The normalized spacial score (nSPS) is 16.0. The van der Waals surface area contributed by atoms with E-state index in [4.69, 9.17) is 10.6 Å². The number of nitrogens with zero attached hydrogens (tertiary/aromatic N) is 1. The number of carbonyl (C=O) groups excluding carboxylic acids is 1. The lowest BCUT2D eigenvalue weighted by Gasteiger charge is -2.15. The summed E-state index contributed by atoms with van der Waals surface area (Å²) >= 11 is 0. The van der Waals surface area contributed by atoms with Gasteiger partial charge in [-0.15, -0.1) is 0 Å². The lowest BCUT2D eigenvalue weighted by atomic mass is 10.2.